The van der Waals surface area contributed by atoms with Crippen LogP contribution in [0.4, 0.5) is 5.69 Å². The average molecular weight is 349 g/mol. The van der Waals surface area contributed by atoms with E-state index in [1.807, 2.05) is 0 Å². The number of hydrogen-bond acceptors (Lipinski definition) is 5. The average Bonchev–Trinajstić information content (AvgIpc) is 3.04. The highest BCUT2D eigenvalue weighted by Gasteiger charge is 2.20. The van der Waals surface area contributed by atoms with Crippen molar-refractivity contribution in [1.29, 1.82) is 0 Å². The predicted octanol–water partition coefficient (Wildman–Crippen LogP) is 3.40. The van der Waals surface area contributed by atoms with Gasteiger partial charge in [0.2, 0.25) is 6.79 Å². The molecule has 2 aromatic rings. The Labute approximate surface area is 141 Å². The van der Waals surface area contributed by atoms with Crippen LogP contribution in [0.2, 0.25) is 0 Å². The summed E-state index contributed by atoms with van der Waals surface area (Å²) in [5.74, 6) is 1.69. The summed E-state index contributed by atoms with van der Waals surface area (Å²) in [6.07, 6.45) is 2.05. The van der Waals surface area contributed by atoms with Crippen molar-refractivity contribution < 1.29 is 22.6 Å². The zero-order valence-electron chi connectivity index (χ0n) is 13.3. The van der Waals surface area contributed by atoms with Crippen LogP contribution in [-0.2, 0) is 10.0 Å². The molecule has 7 heteroatoms. The van der Waals surface area contributed by atoms with Crippen LogP contribution < -0.4 is 18.9 Å². The number of nitrogens with one attached hydrogen (secondary N) is 1. The van der Waals surface area contributed by atoms with E-state index in [4.69, 9.17) is 14.2 Å². The lowest BCUT2D eigenvalue weighted by atomic mass is 10.3. The summed E-state index contributed by atoms with van der Waals surface area (Å²) in [5, 5.41) is 0. The van der Waals surface area contributed by atoms with Crippen LogP contribution in [-0.4, -0.2) is 21.8 Å². The van der Waals surface area contributed by atoms with E-state index in [-0.39, 0.29) is 11.7 Å². The second-order valence-corrected chi connectivity index (χ2v) is 7.03. The smallest absolute Gasteiger partial charge is 0.262 e. The van der Waals surface area contributed by atoms with E-state index in [1.165, 1.54) is 12.1 Å². The number of unbranched alkanes of at least 4 members (excludes halogenated alkanes) is 1. The van der Waals surface area contributed by atoms with Gasteiger partial charge < -0.3 is 14.2 Å². The first-order valence-electron chi connectivity index (χ1n) is 7.74. The molecule has 2 aromatic carbocycles. The minimum Gasteiger partial charge on any atom is -0.494 e. The molecule has 1 aliphatic rings. The lowest BCUT2D eigenvalue weighted by Gasteiger charge is -2.10. The van der Waals surface area contributed by atoms with Gasteiger partial charge >= 0.3 is 0 Å². The highest BCUT2D eigenvalue weighted by atomic mass is 32.2. The van der Waals surface area contributed by atoms with Crippen LogP contribution in [0.3, 0.4) is 0 Å². The third-order valence-corrected chi connectivity index (χ3v) is 4.91. The Morgan fingerprint density at radius 2 is 1.83 bits per heavy atom. The van der Waals surface area contributed by atoms with Crippen LogP contribution >= 0.6 is 0 Å². The zero-order chi connectivity index (χ0) is 17.0. The van der Waals surface area contributed by atoms with E-state index >= 15 is 0 Å². The van der Waals surface area contributed by atoms with Gasteiger partial charge in [-0.15, -0.1) is 0 Å². The van der Waals surface area contributed by atoms with E-state index in [0.29, 0.717) is 23.8 Å². The van der Waals surface area contributed by atoms with Gasteiger partial charge in [-0.05, 0) is 42.8 Å². The maximum Gasteiger partial charge on any atom is 0.262 e. The van der Waals surface area contributed by atoms with Gasteiger partial charge in [-0.2, -0.15) is 0 Å². The number of rotatable bonds is 7. The molecule has 1 N–H and O–H groups in total. The molecule has 0 atom stereocenters. The molecule has 6 nitrogen and oxygen atoms in total. The van der Waals surface area contributed by atoms with Gasteiger partial charge in [-0.25, -0.2) is 8.42 Å². The highest BCUT2D eigenvalue weighted by molar-refractivity contribution is 7.92. The summed E-state index contributed by atoms with van der Waals surface area (Å²) < 4.78 is 43.4. The van der Waals surface area contributed by atoms with Gasteiger partial charge in [0.1, 0.15) is 5.75 Å². The Balaban J connectivity index is 1.70. The molecule has 1 aliphatic heterocycles. The number of ether oxygens (including phenoxy) is 3. The number of anilines is 1. The predicted molar refractivity (Wildman–Crippen MR) is 90.2 cm³/mol. The van der Waals surface area contributed by atoms with E-state index < -0.39 is 10.0 Å². The molecule has 0 aliphatic carbocycles. The third kappa shape index (κ3) is 3.73. The number of fused-ring (bicyclic) bond motifs is 1. The van der Waals surface area contributed by atoms with Crippen molar-refractivity contribution in [2.75, 3.05) is 18.1 Å². The molecular formula is C17H19NO5S. The van der Waals surface area contributed by atoms with Gasteiger partial charge in [-0.3, -0.25) is 4.72 Å². The summed E-state index contributed by atoms with van der Waals surface area (Å²) >= 11 is 0. The largest absolute Gasteiger partial charge is 0.494 e. The molecule has 0 fully saturated rings. The van der Waals surface area contributed by atoms with E-state index in [1.54, 1.807) is 30.3 Å². The minimum atomic E-state index is -3.70. The summed E-state index contributed by atoms with van der Waals surface area (Å²) in [6.45, 7) is 2.85. The molecule has 0 spiro atoms. The second kappa shape index (κ2) is 7.00. The molecule has 0 saturated heterocycles. The first-order valence-corrected chi connectivity index (χ1v) is 9.22. The monoisotopic (exact) mass is 349 g/mol. The highest BCUT2D eigenvalue weighted by Crippen LogP contribution is 2.34. The van der Waals surface area contributed by atoms with Crippen molar-refractivity contribution in [3.05, 3.63) is 42.5 Å². The van der Waals surface area contributed by atoms with Gasteiger partial charge in [0, 0.05) is 11.8 Å². The second-order valence-electron chi connectivity index (χ2n) is 5.35. The fourth-order valence-electron chi connectivity index (χ4n) is 2.21. The molecule has 0 aromatic heterocycles. The van der Waals surface area contributed by atoms with Crippen molar-refractivity contribution in [2.45, 2.75) is 24.7 Å². The lowest BCUT2D eigenvalue weighted by molar-refractivity contribution is 0.174. The maximum atomic E-state index is 12.5. The number of benzene rings is 2. The Morgan fingerprint density at radius 3 is 2.58 bits per heavy atom. The van der Waals surface area contributed by atoms with Gasteiger partial charge in [0.25, 0.3) is 10.0 Å². The molecule has 24 heavy (non-hydrogen) atoms. The van der Waals surface area contributed by atoms with Crippen LogP contribution in [0, 0.1) is 0 Å². The van der Waals surface area contributed by atoms with Crippen molar-refractivity contribution in [1.82, 2.24) is 0 Å². The zero-order valence-corrected chi connectivity index (χ0v) is 14.1. The van der Waals surface area contributed by atoms with E-state index in [0.717, 1.165) is 18.6 Å². The molecular weight excluding hydrogens is 330 g/mol. The Morgan fingerprint density at radius 1 is 1.08 bits per heavy atom. The van der Waals surface area contributed by atoms with Crippen molar-refractivity contribution in [3.8, 4) is 17.2 Å². The molecule has 3 rings (SSSR count). The summed E-state index contributed by atoms with van der Waals surface area (Å²) in [5.41, 5.74) is 0.468. The van der Waals surface area contributed by atoms with Gasteiger partial charge in [-0.1, -0.05) is 13.3 Å². The first kappa shape index (κ1) is 16.4. The molecule has 0 bridgehead atoms. The summed E-state index contributed by atoms with van der Waals surface area (Å²) in [7, 11) is -3.70. The molecule has 1 heterocycles. The fraction of sp³-hybridized carbons (Fsp3) is 0.294. The van der Waals surface area contributed by atoms with Crippen LogP contribution in [0.5, 0.6) is 17.2 Å². The Hall–Kier alpha value is -2.41. The number of sulfonamides is 1. The van der Waals surface area contributed by atoms with Gasteiger partial charge in [0.05, 0.1) is 11.5 Å². The van der Waals surface area contributed by atoms with Crippen molar-refractivity contribution >= 4 is 15.7 Å². The standard InChI is InChI=1S/C17H19NO5S/c1-2-3-10-21-14-6-4-13(5-7-14)18-24(19,20)15-8-9-16-17(11-15)23-12-22-16/h4-9,11,18H,2-3,10,12H2,1H3. The molecule has 0 amide bonds. The third-order valence-electron chi connectivity index (χ3n) is 3.53. The SMILES string of the molecule is CCCCOc1ccc(NS(=O)(=O)c2ccc3c(c2)OCO3)cc1. The molecule has 0 radical (unpaired) electrons. The Bertz CT molecular complexity index is 802. The Kier molecular flexibility index (Phi) is 4.80. The first-order chi connectivity index (χ1) is 11.6. The van der Waals surface area contributed by atoms with Crippen LogP contribution in [0.25, 0.3) is 0 Å². The van der Waals surface area contributed by atoms with Crippen LogP contribution in [0.15, 0.2) is 47.4 Å². The van der Waals surface area contributed by atoms with E-state index in [2.05, 4.69) is 11.6 Å². The summed E-state index contributed by atoms with van der Waals surface area (Å²) in [4.78, 5) is 0.120. The molecule has 128 valence electrons. The maximum absolute atomic E-state index is 12.5. The van der Waals surface area contributed by atoms with Gasteiger partial charge in [0.15, 0.2) is 11.5 Å². The summed E-state index contributed by atoms with van der Waals surface area (Å²) in [6, 6.07) is 11.4. The lowest BCUT2D eigenvalue weighted by Crippen LogP contribution is -2.12. The topological polar surface area (TPSA) is 73.9 Å². The minimum absolute atomic E-state index is 0.103. The molecule has 0 unspecified atom stereocenters. The molecule has 0 saturated carbocycles. The fourth-order valence-corrected chi connectivity index (χ4v) is 3.29. The normalized spacial score (nSPS) is 12.9. The van der Waals surface area contributed by atoms with E-state index in [9.17, 15) is 8.42 Å². The van der Waals surface area contributed by atoms with Crippen molar-refractivity contribution in [2.24, 2.45) is 0 Å². The van der Waals surface area contributed by atoms with Crippen molar-refractivity contribution in [3.63, 3.8) is 0 Å². The quantitative estimate of drug-likeness (QED) is 0.776. The number of hydrogen-bond donors (Lipinski definition) is 1. The van der Waals surface area contributed by atoms with Crippen LogP contribution in [0.1, 0.15) is 19.8 Å².